The summed E-state index contributed by atoms with van der Waals surface area (Å²) in [6, 6.07) is 15.0. The van der Waals surface area contributed by atoms with Crippen molar-refractivity contribution in [2.45, 2.75) is 32.7 Å². The molecule has 0 radical (unpaired) electrons. The summed E-state index contributed by atoms with van der Waals surface area (Å²) in [5.74, 6) is -0.469. The van der Waals surface area contributed by atoms with Crippen LogP contribution in [0.25, 0.3) is 0 Å². The summed E-state index contributed by atoms with van der Waals surface area (Å²) in [5.41, 5.74) is 1.72. The van der Waals surface area contributed by atoms with Gasteiger partial charge in [0.2, 0.25) is 11.8 Å². The van der Waals surface area contributed by atoms with Gasteiger partial charge in [-0.05, 0) is 42.5 Å². The Kier molecular flexibility index (Phi) is 5.09. The van der Waals surface area contributed by atoms with E-state index in [4.69, 9.17) is 11.6 Å². The van der Waals surface area contributed by atoms with E-state index >= 15 is 0 Å². The van der Waals surface area contributed by atoms with Gasteiger partial charge in [-0.15, -0.1) is 0 Å². The highest BCUT2D eigenvalue weighted by atomic mass is 35.5. The van der Waals surface area contributed by atoms with Crippen molar-refractivity contribution in [2.75, 3.05) is 5.32 Å². The fourth-order valence-corrected chi connectivity index (χ4v) is 3.06. The highest BCUT2D eigenvalue weighted by Crippen LogP contribution is 2.47. The zero-order valence-electron chi connectivity index (χ0n) is 14.1. The van der Waals surface area contributed by atoms with Gasteiger partial charge in [0, 0.05) is 17.3 Å². The molecule has 0 heterocycles. The molecule has 25 heavy (non-hydrogen) atoms. The number of para-hydroxylation sites is 1. The molecule has 0 bridgehead atoms. The van der Waals surface area contributed by atoms with Crippen LogP contribution in [0.1, 0.15) is 30.9 Å². The normalized spacial score (nSPS) is 14.6. The molecule has 2 N–H and O–H groups in total. The molecular weight excluding hydrogens is 336 g/mol. The van der Waals surface area contributed by atoms with Crippen LogP contribution in [0.2, 0.25) is 5.02 Å². The van der Waals surface area contributed by atoms with Crippen LogP contribution < -0.4 is 10.6 Å². The van der Waals surface area contributed by atoms with Crippen LogP contribution in [0.3, 0.4) is 0 Å². The van der Waals surface area contributed by atoms with Gasteiger partial charge in [-0.2, -0.15) is 0 Å². The van der Waals surface area contributed by atoms with Crippen LogP contribution in [0.4, 0.5) is 5.69 Å². The van der Waals surface area contributed by atoms with Crippen LogP contribution >= 0.6 is 11.6 Å². The number of hydrogen-bond acceptors (Lipinski definition) is 2. The molecule has 1 aliphatic rings. The van der Waals surface area contributed by atoms with Gasteiger partial charge >= 0.3 is 0 Å². The Morgan fingerprint density at radius 1 is 1.00 bits per heavy atom. The van der Waals surface area contributed by atoms with Crippen molar-refractivity contribution >= 4 is 29.1 Å². The summed E-state index contributed by atoms with van der Waals surface area (Å²) >= 11 is 6.11. The smallest absolute Gasteiger partial charge is 0.240 e. The van der Waals surface area contributed by atoms with Crippen LogP contribution in [0, 0.1) is 5.41 Å². The fourth-order valence-electron chi connectivity index (χ4n) is 2.86. The zero-order valence-corrected chi connectivity index (χ0v) is 14.9. The SMILES string of the molecule is CCc1ccccc1NC(=O)C1(C(=O)NCc2ccccc2Cl)CC1. The van der Waals surface area contributed by atoms with Crippen molar-refractivity contribution in [3.8, 4) is 0 Å². The van der Waals surface area contributed by atoms with Crippen molar-refractivity contribution < 1.29 is 9.59 Å². The highest BCUT2D eigenvalue weighted by molar-refractivity contribution is 6.31. The second kappa shape index (κ2) is 7.28. The first-order valence-electron chi connectivity index (χ1n) is 8.48. The molecular formula is C20H21ClN2O2. The van der Waals surface area contributed by atoms with Crippen LogP contribution in [-0.2, 0) is 22.6 Å². The largest absolute Gasteiger partial charge is 0.351 e. The molecule has 2 amide bonds. The second-order valence-electron chi connectivity index (χ2n) is 6.32. The maximum absolute atomic E-state index is 12.7. The van der Waals surface area contributed by atoms with Crippen LogP contribution in [-0.4, -0.2) is 11.8 Å². The molecule has 130 valence electrons. The Morgan fingerprint density at radius 3 is 2.28 bits per heavy atom. The Morgan fingerprint density at radius 2 is 1.64 bits per heavy atom. The molecule has 2 aromatic rings. The predicted octanol–water partition coefficient (Wildman–Crippen LogP) is 3.94. The van der Waals surface area contributed by atoms with Crippen LogP contribution in [0.15, 0.2) is 48.5 Å². The number of benzene rings is 2. The van der Waals surface area contributed by atoms with Gasteiger partial charge in [-0.1, -0.05) is 54.9 Å². The number of amides is 2. The third kappa shape index (κ3) is 3.69. The maximum Gasteiger partial charge on any atom is 0.240 e. The van der Waals surface area contributed by atoms with E-state index in [9.17, 15) is 9.59 Å². The summed E-state index contributed by atoms with van der Waals surface area (Å²) in [4.78, 5) is 25.3. The zero-order chi connectivity index (χ0) is 17.9. The topological polar surface area (TPSA) is 58.2 Å². The lowest BCUT2D eigenvalue weighted by atomic mass is 10.0. The summed E-state index contributed by atoms with van der Waals surface area (Å²) in [7, 11) is 0. The molecule has 0 aromatic heterocycles. The first-order chi connectivity index (χ1) is 12.1. The summed E-state index contributed by atoms with van der Waals surface area (Å²) in [6.45, 7) is 2.35. The number of carbonyl (C=O) groups is 2. The van der Waals surface area contributed by atoms with E-state index in [1.165, 1.54) is 0 Å². The average molecular weight is 357 g/mol. The standard InChI is InChI=1S/C20H21ClN2O2/c1-2-14-7-4-6-10-17(14)23-19(25)20(11-12-20)18(24)22-13-15-8-3-5-9-16(15)21/h3-10H,2,11-13H2,1H3,(H,22,24)(H,23,25). The van der Waals surface area contributed by atoms with E-state index in [1.54, 1.807) is 6.07 Å². The van der Waals surface area contributed by atoms with Gasteiger partial charge in [0.15, 0.2) is 0 Å². The third-order valence-electron chi connectivity index (χ3n) is 4.66. The first kappa shape index (κ1) is 17.5. The van der Waals surface area contributed by atoms with Gasteiger partial charge in [-0.25, -0.2) is 0 Å². The molecule has 0 atom stereocenters. The lowest BCUT2D eigenvalue weighted by Crippen LogP contribution is -2.39. The number of hydrogen-bond donors (Lipinski definition) is 2. The van der Waals surface area contributed by atoms with Crippen molar-refractivity contribution in [2.24, 2.45) is 5.41 Å². The van der Waals surface area contributed by atoms with Gasteiger partial charge in [0.25, 0.3) is 0 Å². The Balaban J connectivity index is 1.66. The minimum absolute atomic E-state index is 0.231. The van der Waals surface area contributed by atoms with E-state index < -0.39 is 5.41 Å². The fraction of sp³-hybridized carbons (Fsp3) is 0.300. The second-order valence-corrected chi connectivity index (χ2v) is 6.73. The van der Waals surface area contributed by atoms with E-state index in [1.807, 2.05) is 49.4 Å². The number of carbonyl (C=O) groups excluding carboxylic acids is 2. The minimum Gasteiger partial charge on any atom is -0.351 e. The van der Waals surface area contributed by atoms with Gasteiger partial charge < -0.3 is 10.6 Å². The Bertz CT molecular complexity index is 800. The van der Waals surface area contributed by atoms with Crippen molar-refractivity contribution in [1.29, 1.82) is 0 Å². The minimum atomic E-state index is -0.956. The van der Waals surface area contributed by atoms with Gasteiger partial charge in [-0.3, -0.25) is 9.59 Å². The number of aryl methyl sites for hydroxylation is 1. The monoisotopic (exact) mass is 356 g/mol. The van der Waals surface area contributed by atoms with Crippen LogP contribution in [0.5, 0.6) is 0 Å². The lowest BCUT2D eigenvalue weighted by molar-refractivity contribution is -0.134. The molecule has 1 fully saturated rings. The molecule has 2 aromatic carbocycles. The number of halogens is 1. The predicted molar refractivity (Wildman–Crippen MR) is 99.4 cm³/mol. The van der Waals surface area contributed by atoms with E-state index in [2.05, 4.69) is 10.6 Å². The molecule has 0 spiro atoms. The van der Waals surface area contributed by atoms with Crippen molar-refractivity contribution in [1.82, 2.24) is 5.32 Å². The number of nitrogens with one attached hydrogen (secondary N) is 2. The number of anilines is 1. The molecule has 0 aliphatic heterocycles. The highest BCUT2D eigenvalue weighted by Gasteiger charge is 2.56. The average Bonchev–Trinajstić information content (AvgIpc) is 3.43. The summed E-state index contributed by atoms with van der Waals surface area (Å²) in [6.07, 6.45) is 1.96. The van der Waals surface area contributed by atoms with Crippen molar-refractivity contribution in [3.05, 3.63) is 64.7 Å². The molecule has 3 rings (SSSR count). The molecule has 1 saturated carbocycles. The summed E-state index contributed by atoms with van der Waals surface area (Å²) in [5, 5.41) is 6.39. The quantitative estimate of drug-likeness (QED) is 0.770. The molecule has 0 saturated heterocycles. The van der Waals surface area contributed by atoms with Gasteiger partial charge in [0.1, 0.15) is 5.41 Å². The van der Waals surface area contributed by atoms with Crippen molar-refractivity contribution in [3.63, 3.8) is 0 Å². The Hall–Kier alpha value is -2.33. The van der Waals surface area contributed by atoms with E-state index in [0.29, 0.717) is 24.4 Å². The number of rotatable bonds is 6. The summed E-state index contributed by atoms with van der Waals surface area (Å²) < 4.78 is 0. The van der Waals surface area contributed by atoms with E-state index in [0.717, 1.165) is 23.2 Å². The van der Waals surface area contributed by atoms with Gasteiger partial charge in [0.05, 0.1) is 0 Å². The Labute approximate surface area is 152 Å². The maximum atomic E-state index is 12.7. The third-order valence-corrected chi connectivity index (χ3v) is 5.03. The molecule has 0 unspecified atom stereocenters. The van der Waals surface area contributed by atoms with E-state index in [-0.39, 0.29) is 11.8 Å². The molecule has 1 aliphatic carbocycles. The molecule has 5 heteroatoms. The molecule has 4 nitrogen and oxygen atoms in total. The first-order valence-corrected chi connectivity index (χ1v) is 8.85. The lowest BCUT2D eigenvalue weighted by Gasteiger charge is -2.17.